The fraction of sp³-hybridized carbons (Fsp3) is 0.933. The van der Waals surface area contributed by atoms with Gasteiger partial charge in [0.05, 0.1) is 11.9 Å². The van der Waals surface area contributed by atoms with E-state index in [9.17, 15) is 4.79 Å². The number of rotatable bonds is 5. The van der Waals surface area contributed by atoms with Gasteiger partial charge in [-0.15, -0.1) is 11.8 Å². The highest BCUT2D eigenvalue weighted by atomic mass is 32.2. The Morgan fingerprint density at radius 1 is 1.35 bits per heavy atom. The van der Waals surface area contributed by atoms with E-state index in [2.05, 4.69) is 0 Å². The van der Waals surface area contributed by atoms with E-state index in [1.807, 2.05) is 11.8 Å². The zero-order chi connectivity index (χ0) is 14.4. The van der Waals surface area contributed by atoms with E-state index in [0.717, 1.165) is 38.2 Å². The molecule has 0 aromatic rings. The minimum atomic E-state index is 0.0749. The lowest BCUT2D eigenvalue weighted by molar-refractivity contribution is -0.132. The first-order valence-corrected chi connectivity index (χ1v) is 9.08. The van der Waals surface area contributed by atoms with Crippen molar-refractivity contribution >= 4 is 17.7 Å². The molecule has 0 spiro atoms. The Labute approximate surface area is 126 Å². The van der Waals surface area contributed by atoms with Gasteiger partial charge in [0.2, 0.25) is 5.91 Å². The molecule has 3 unspecified atom stereocenters. The predicted molar refractivity (Wildman–Crippen MR) is 83.9 cm³/mol. The zero-order valence-corrected chi connectivity index (χ0v) is 13.4. The van der Waals surface area contributed by atoms with Crippen LogP contribution < -0.4 is 5.73 Å². The molecule has 2 N–H and O–H groups in total. The number of thioether (sulfide) groups is 1. The molecule has 2 aliphatic heterocycles. The monoisotopic (exact) mass is 300 g/mol. The van der Waals surface area contributed by atoms with Gasteiger partial charge in [0.15, 0.2) is 0 Å². The summed E-state index contributed by atoms with van der Waals surface area (Å²) < 4.78 is 5.70. The van der Waals surface area contributed by atoms with E-state index >= 15 is 0 Å². The summed E-state index contributed by atoms with van der Waals surface area (Å²) in [6, 6.07) is 0.314. The molecule has 0 aliphatic carbocycles. The van der Waals surface area contributed by atoms with Crippen LogP contribution in [-0.2, 0) is 9.53 Å². The van der Waals surface area contributed by atoms with Crippen LogP contribution in [0.25, 0.3) is 0 Å². The van der Waals surface area contributed by atoms with E-state index in [1.165, 1.54) is 19.3 Å². The summed E-state index contributed by atoms with van der Waals surface area (Å²) in [7, 11) is 0. The molecular weight excluding hydrogens is 272 g/mol. The van der Waals surface area contributed by atoms with E-state index in [1.54, 1.807) is 11.8 Å². The number of hydrogen-bond acceptors (Lipinski definition) is 4. The van der Waals surface area contributed by atoms with Gasteiger partial charge < -0.3 is 15.4 Å². The molecule has 0 aromatic carbocycles. The molecule has 0 bridgehead atoms. The minimum Gasteiger partial charge on any atom is -0.377 e. The number of likely N-dealkylation sites (tertiary alicyclic amines) is 1. The lowest BCUT2D eigenvalue weighted by atomic mass is 9.97. The normalized spacial score (nSPS) is 29.2. The first-order valence-electron chi connectivity index (χ1n) is 7.93. The molecule has 1 amide bonds. The number of piperidine rings is 1. The summed E-state index contributed by atoms with van der Waals surface area (Å²) in [5, 5.41) is 0. The second kappa shape index (κ2) is 8.25. The highest BCUT2D eigenvalue weighted by Crippen LogP contribution is 2.21. The van der Waals surface area contributed by atoms with Gasteiger partial charge in [0, 0.05) is 31.0 Å². The fourth-order valence-electron chi connectivity index (χ4n) is 3.11. The zero-order valence-electron chi connectivity index (χ0n) is 12.6. The van der Waals surface area contributed by atoms with E-state index in [0.29, 0.717) is 11.9 Å². The van der Waals surface area contributed by atoms with Crippen LogP contribution in [0.15, 0.2) is 0 Å². The lowest BCUT2D eigenvalue weighted by Crippen LogP contribution is -2.52. The molecule has 0 aromatic heterocycles. The molecule has 2 rings (SSSR count). The van der Waals surface area contributed by atoms with Crippen LogP contribution in [0.3, 0.4) is 0 Å². The Hall–Kier alpha value is -0.260. The number of amides is 1. The third-order valence-corrected chi connectivity index (χ3v) is 5.34. The molecule has 116 valence electrons. The second-order valence-corrected chi connectivity index (χ2v) is 7.04. The van der Waals surface area contributed by atoms with Gasteiger partial charge in [-0.3, -0.25) is 4.79 Å². The summed E-state index contributed by atoms with van der Waals surface area (Å²) in [5.41, 5.74) is 6.02. The molecular formula is C15H28N2O2S. The molecule has 2 aliphatic rings. The Balaban J connectivity index is 1.72. The SMILES string of the molecule is CC(N)C1CCCCN1C(=O)CSCC1CCCCO1. The lowest BCUT2D eigenvalue weighted by Gasteiger charge is -2.38. The molecule has 2 fully saturated rings. The number of nitrogens with two attached hydrogens (primary N) is 1. The second-order valence-electron chi connectivity index (χ2n) is 6.01. The number of carbonyl (C=O) groups is 1. The third-order valence-electron chi connectivity index (χ3n) is 4.28. The summed E-state index contributed by atoms with van der Waals surface area (Å²) in [5.74, 6) is 1.78. The van der Waals surface area contributed by atoms with Crippen LogP contribution in [-0.4, -0.2) is 53.7 Å². The van der Waals surface area contributed by atoms with Crippen molar-refractivity contribution in [3.8, 4) is 0 Å². The number of hydrogen-bond donors (Lipinski definition) is 1. The maximum absolute atomic E-state index is 12.4. The Kier molecular flexibility index (Phi) is 6.65. The van der Waals surface area contributed by atoms with Crippen molar-refractivity contribution in [2.45, 2.75) is 63.6 Å². The first kappa shape index (κ1) is 16.1. The minimum absolute atomic E-state index is 0.0749. The summed E-state index contributed by atoms with van der Waals surface area (Å²) >= 11 is 1.72. The van der Waals surface area contributed by atoms with Crippen molar-refractivity contribution in [2.75, 3.05) is 24.7 Å². The van der Waals surface area contributed by atoms with E-state index < -0.39 is 0 Å². The van der Waals surface area contributed by atoms with Gasteiger partial charge in [-0.1, -0.05) is 0 Å². The van der Waals surface area contributed by atoms with Gasteiger partial charge in [-0.25, -0.2) is 0 Å². The third kappa shape index (κ3) is 4.64. The summed E-state index contributed by atoms with van der Waals surface area (Å²) in [6.07, 6.45) is 7.31. The van der Waals surface area contributed by atoms with Gasteiger partial charge in [0.25, 0.3) is 0 Å². The molecule has 2 saturated heterocycles. The van der Waals surface area contributed by atoms with Gasteiger partial charge >= 0.3 is 0 Å². The Morgan fingerprint density at radius 2 is 2.15 bits per heavy atom. The number of ether oxygens (including phenoxy) is 1. The number of carbonyl (C=O) groups excluding carboxylic acids is 1. The van der Waals surface area contributed by atoms with Crippen LogP contribution in [0, 0.1) is 0 Å². The fourth-order valence-corrected chi connectivity index (χ4v) is 4.10. The molecule has 0 radical (unpaired) electrons. The number of nitrogens with zero attached hydrogens (tertiary/aromatic N) is 1. The topological polar surface area (TPSA) is 55.6 Å². The first-order chi connectivity index (χ1) is 9.68. The van der Waals surface area contributed by atoms with Gasteiger partial charge in [-0.2, -0.15) is 0 Å². The largest absolute Gasteiger partial charge is 0.377 e. The highest BCUT2D eigenvalue weighted by molar-refractivity contribution is 7.99. The molecule has 20 heavy (non-hydrogen) atoms. The van der Waals surface area contributed by atoms with Crippen LogP contribution >= 0.6 is 11.8 Å². The smallest absolute Gasteiger partial charge is 0.232 e. The molecule has 2 heterocycles. The average Bonchev–Trinajstić information content (AvgIpc) is 2.48. The van der Waals surface area contributed by atoms with Crippen LogP contribution in [0.2, 0.25) is 0 Å². The van der Waals surface area contributed by atoms with E-state index in [4.69, 9.17) is 10.5 Å². The van der Waals surface area contributed by atoms with Gasteiger partial charge in [-0.05, 0) is 45.4 Å². The maximum atomic E-state index is 12.4. The maximum Gasteiger partial charge on any atom is 0.232 e. The van der Waals surface area contributed by atoms with Crippen molar-refractivity contribution in [3.05, 3.63) is 0 Å². The summed E-state index contributed by atoms with van der Waals surface area (Å²) in [4.78, 5) is 14.4. The standard InChI is InChI=1S/C15H28N2O2S/c1-12(16)14-7-2-4-8-17(14)15(18)11-20-10-13-6-3-5-9-19-13/h12-14H,2-11,16H2,1H3. The summed E-state index contributed by atoms with van der Waals surface area (Å²) in [6.45, 7) is 3.78. The molecule has 5 heteroatoms. The van der Waals surface area contributed by atoms with E-state index in [-0.39, 0.29) is 18.0 Å². The average molecular weight is 300 g/mol. The van der Waals surface area contributed by atoms with Gasteiger partial charge in [0.1, 0.15) is 0 Å². The Bertz CT molecular complexity index is 306. The Morgan fingerprint density at radius 3 is 2.85 bits per heavy atom. The van der Waals surface area contributed by atoms with Crippen molar-refractivity contribution in [2.24, 2.45) is 5.73 Å². The van der Waals surface area contributed by atoms with Crippen molar-refractivity contribution in [3.63, 3.8) is 0 Å². The predicted octanol–water partition coefficient (Wildman–Crippen LogP) is 2.02. The molecule has 0 saturated carbocycles. The van der Waals surface area contributed by atoms with Crippen LogP contribution in [0.1, 0.15) is 45.4 Å². The highest BCUT2D eigenvalue weighted by Gasteiger charge is 2.29. The molecule has 4 nitrogen and oxygen atoms in total. The molecule has 3 atom stereocenters. The van der Waals surface area contributed by atoms with Crippen molar-refractivity contribution in [1.82, 2.24) is 4.90 Å². The van der Waals surface area contributed by atoms with Crippen LogP contribution in [0.5, 0.6) is 0 Å². The van der Waals surface area contributed by atoms with Crippen LogP contribution in [0.4, 0.5) is 0 Å². The van der Waals surface area contributed by atoms with Crippen molar-refractivity contribution < 1.29 is 9.53 Å². The van der Waals surface area contributed by atoms with Crippen molar-refractivity contribution in [1.29, 1.82) is 0 Å². The quantitative estimate of drug-likeness (QED) is 0.844.